The molecule has 0 radical (unpaired) electrons. The second-order valence-corrected chi connectivity index (χ2v) is 6.84. The summed E-state index contributed by atoms with van der Waals surface area (Å²) >= 11 is 0. The lowest BCUT2D eigenvalue weighted by atomic mass is 9.93. The van der Waals surface area contributed by atoms with E-state index in [2.05, 4.69) is 20.3 Å². The third kappa shape index (κ3) is 3.27. The van der Waals surface area contributed by atoms with Gasteiger partial charge in [-0.15, -0.1) is 0 Å². The van der Waals surface area contributed by atoms with Crippen molar-refractivity contribution in [3.8, 4) is 0 Å². The van der Waals surface area contributed by atoms with Crippen LogP contribution in [-0.4, -0.2) is 45.2 Å². The number of hydrogen-bond acceptors (Lipinski definition) is 7. The highest BCUT2D eigenvalue weighted by molar-refractivity contribution is 5.92. The highest BCUT2D eigenvalue weighted by Crippen LogP contribution is 2.44. The van der Waals surface area contributed by atoms with Gasteiger partial charge >= 0.3 is 6.18 Å². The Hall–Kier alpha value is -2.79. The van der Waals surface area contributed by atoms with Gasteiger partial charge in [-0.3, -0.25) is 15.0 Å². The molecule has 3 atom stereocenters. The highest BCUT2D eigenvalue weighted by atomic mass is 19.4. The number of aromatic nitrogens is 3. The number of nitrogens with one attached hydrogen (secondary N) is 2. The van der Waals surface area contributed by atoms with Gasteiger partial charge < -0.3 is 10.2 Å². The van der Waals surface area contributed by atoms with Crippen LogP contribution in [0, 0.1) is 5.92 Å². The third-order valence-electron chi connectivity index (χ3n) is 5.15. The molecule has 4 rings (SSSR count). The maximum atomic E-state index is 13.2. The Morgan fingerprint density at radius 2 is 2.00 bits per heavy atom. The number of rotatable bonds is 3. The average molecular weight is 394 g/mol. The predicted octanol–water partition coefficient (Wildman–Crippen LogP) is 1.55. The van der Waals surface area contributed by atoms with E-state index in [-0.39, 0.29) is 17.5 Å². The van der Waals surface area contributed by atoms with Crippen LogP contribution in [0.2, 0.25) is 0 Å². The Balaban J connectivity index is 1.72. The van der Waals surface area contributed by atoms with Gasteiger partial charge in [-0.1, -0.05) is 0 Å². The number of hydroxylamine groups is 1. The van der Waals surface area contributed by atoms with Crippen molar-refractivity contribution >= 4 is 11.9 Å². The van der Waals surface area contributed by atoms with Crippen LogP contribution >= 0.6 is 0 Å². The normalized spacial score (nSPS) is 24.3. The van der Waals surface area contributed by atoms with E-state index in [4.69, 9.17) is 5.21 Å². The van der Waals surface area contributed by atoms with E-state index in [9.17, 15) is 18.0 Å². The van der Waals surface area contributed by atoms with Crippen LogP contribution in [0.4, 0.5) is 19.1 Å². The van der Waals surface area contributed by atoms with E-state index in [0.717, 1.165) is 18.6 Å². The molecule has 28 heavy (non-hydrogen) atoms. The lowest BCUT2D eigenvalue weighted by molar-refractivity contribution is -0.137. The first kappa shape index (κ1) is 18.6. The van der Waals surface area contributed by atoms with E-state index >= 15 is 0 Å². The van der Waals surface area contributed by atoms with Crippen LogP contribution in [0.5, 0.6) is 0 Å². The molecule has 2 saturated heterocycles. The summed E-state index contributed by atoms with van der Waals surface area (Å²) in [4.78, 5) is 25.9. The van der Waals surface area contributed by atoms with Crippen LogP contribution in [0.3, 0.4) is 0 Å². The highest BCUT2D eigenvalue weighted by Gasteiger charge is 2.46. The van der Waals surface area contributed by atoms with E-state index in [1.807, 2.05) is 4.90 Å². The zero-order valence-corrected chi connectivity index (χ0v) is 14.5. The van der Waals surface area contributed by atoms with Crippen LogP contribution in [-0.2, 0) is 6.18 Å². The first-order valence-electron chi connectivity index (χ1n) is 8.67. The molecule has 4 heterocycles. The first-order chi connectivity index (χ1) is 13.4. The Kier molecular flexibility index (Phi) is 4.63. The third-order valence-corrected chi connectivity index (χ3v) is 5.15. The van der Waals surface area contributed by atoms with Crippen molar-refractivity contribution in [2.75, 3.05) is 18.0 Å². The van der Waals surface area contributed by atoms with Gasteiger partial charge in [0.1, 0.15) is 0 Å². The minimum Gasteiger partial charge on any atom is -0.328 e. The van der Waals surface area contributed by atoms with Crippen molar-refractivity contribution in [2.24, 2.45) is 5.92 Å². The van der Waals surface area contributed by atoms with Crippen molar-refractivity contribution in [3.63, 3.8) is 0 Å². The fraction of sp³-hybridized carbons (Fsp3) is 0.412. The number of pyridine rings is 1. The van der Waals surface area contributed by atoms with Crippen molar-refractivity contribution < 1.29 is 23.2 Å². The predicted molar refractivity (Wildman–Crippen MR) is 90.5 cm³/mol. The topological polar surface area (TPSA) is 103 Å². The summed E-state index contributed by atoms with van der Waals surface area (Å²) in [7, 11) is 0. The molecule has 0 aliphatic carbocycles. The standard InChI is InChI=1S/C17H17F3N6O2/c18-17(19,20)11-1-2-22-13(4-11)14-9-3-12(8-21-5-9)26(14)16-23-6-10(7-24-16)15(27)25-28/h1-2,4,6-7,9,12,14,21,28H,3,5,8H2,(H,25,27). The van der Waals surface area contributed by atoms with Crippen molar-refractivity contribution in [1.82, 2.24) is 25.7 Å². The molecule has 2 aromatic rings. The SMILES string of the molecule is O=C(NO)c1cnc(N2C3CNCC(C3)C2c2cc(C(F)(F)F)ccn2)nc1. The van der Waals surface area contributed by atoms with E-state index in [1.165, 1.54) is 24.1 Å². The molecule has 0 saturated carbocycles. The number of fused-ring (bicyclic) bond motifs is 2. The fourth-order valence-electron chi connectivity index (χ4n) is 3.95. The van der Waals surface area contributed by atoms with Crippen molar-refractivity contribution in [2.45, 2.75) is 24.7 Å². The smallest absolute Gasteiger partial charge is 0.328 e. The lowest BCUT2D eigenvalue weighted by Gasteiger charge is -2.29. The molecule has 2 aromatic heterocycles. The van der Waals surface area contributed by atoms with Gasteiger partial charge in [0.2, 0.25) is 5.95 Å². The molecule has 11 heteroatoms. The Labute approximate surface area is 157 Å². The molecule has 2 bridgehead atoms. The molecule has 0 spiro atoms. The van der Waals surface area contributed by atoms with Crippen LogP contribution < -0.4 is 15.7 Å². The van der Waals surface area contributed by atoms with Crippen molar-refractivity contribution in [3.05, 3.63) is 47.5 Å². The molecule has 0 aromatic carbocycles. The molecule has 1 amide bonds. The van der Waals surface area contributed by atoms with Gasteiger partial charge in [-0.2, -0.15) is 13.2 Å². The number of carbonyl (C=O) groups is 1. The van der Waals surface area contributed by atoms with Crippen LogP contribution in [0.25, 0.3) is 0 Å². The average Bonchev–Trinajstić information content (AvgIpc) is 2.96. The quantitative estimate of drug-likeness (QED) is 0.536. The van der Waals surface area contributed by atoms with Gasteiger partial charge in [-0.05, 0) is 24.5 Å². The summed E-state index contributed by atoms with van der Waals surface area (Å²) in [6.07, 6.45) is 0.0180. The summed E-state index contributed by atoms with van der Waals surface area (Å²) in [5.41, 5.74) is 1.14. The van der Waals surface area contributed by atoms with E-state index in [0.29, 0.717) is 24.7 Å². The molecule has 3 unspecified atom stereocenters. The minimum atomic E-state index is -4.45. The minimum absolute atomic E-state index is 0.00221. The number of alkyl halides is 3. The number of hydrogen-bond donors (Lipinski definition) is 3. The van der Waals surface area contributed by atoms with Crippen molar-refractivity contribution in [1.29, 1.82) is 0 Å². The second-order valence-electron chi connectivity index (χ2n) is 6.84. The molecular weight excluding hydrogens is 377 g/mol. The van der Waals surface area contributed by atoms with Gasteiger partial charge in [-0.25, -0.2) is 15.4 Å². The van der Waals surface area contributed by atoms with E-state index in [1.54, 1.807) is 0 Å². The number of piperidine rings is 1. The summed E-state index contributed by atoms with van der Waals surface area (Å²) in [5.74, 6) is -0.391. The maximum Gasteiger partial charge on any atom is 0.416 e. The number of carbonyl (C=O) groups excluding carboxylic acids is 1. The molecular formula is C17H17F3N6O2. The number of anilines is 1. The maximum absolute atomic E-state index is 13.2. The largest absolute Gasteiger partial charge is 0.416 e. The Bertz CT molecular complexity index is 876. The summed E-state index contributed by atoms with van der Waals surface area (Å²) < 4.78 is 39.5. The number of amides is 1. The molecule has 148 valence electrons. The van der Waals surface area contributed by atoms with Gasteiger partial charge in [0.05, 0.1) is 22.9 Å². The van der Waals surface area contributed by atoms with Gasteiger partial charge in [0.25, 0.3) is 5.91 Å². The molecule has 8 nitrogen and oxygen atoms in total. The number of halogens is 3. The summed E-state index contributed by atoms with van der Waals surface area (Å²) in [6, 6.07) is 1.61. The monoisotopic (exact) mass is 394 g/mol. The lowest BCUT2D eigenvalue weighted by Crippen LogP contribution is -2.40. The Morgan fingerprint density at radius 3 is 2.68 bits per heavy atom. The fourth-order valence-corrected chi connectivity index (χ4v) is 3.95. The van der Waals surface area contributed by atoms with Crippen LogP contribution in [0.1, 0.15) is 34.1 Å². The summed E-state index contributed by atoms with van der Waals surface area (Å²) in [5, 5.41) is 12.0. The zero-order valence-electron chi connectivity index (χ0n) is 14.5. The summed E-state index contributed by atoms with van der Waals surface area (Å²) in [6.45, 7) is 1.30. The first-order valence-corrected chi connectivity index (χ1v) is 8.67. The second kappa shape index (κ2) is 6.99. The van der Waals surface area contributed by atoms with Gasteiger partial charge in [0, 0.05) is 37.7 Å². The molecule has 2 aliphatic heterocycles. The Morgan fingerprint density at radius 1 is 1.25 bits per heavy atom. The molecule has 3 N–H and O–H groups in total. The molecule has 2 fully saturated rings. The van der Waals surface area contributed by atoms with E-state index < -0.39 is 23.7 Å². The van der Waals surface area contributed by atoms with Gasteiger partial charge in [0.15, 0.2) is 0 Å². The van der Waals surface area contributed by atoms with Crippen LogP contribution in [0.15, 0.2) is 30.7 Å². The number of nitrogens with zero attached hydrogens (tertiary/aromatic N) is 4. The zero-order chi connectivity index (χ0) is 19.9. The molecule has 2 aliphatic rings.